The van der Waals surface area contributed by atoms with Crippen LogP contribution in [-0.2, 0) is 0 Å². The van der Waals surface area contributed by atoms with Crippen LogP contribution >= 0.6 is 15.9 Å². The first-order chi connectivity index (χ1) is 6.66. The Bertz CT molecular complexity index is 340. The van der Waals surface area contributed by atoms with Gasteiger partial charge in [0.15, 0.2) is 0 Å². The Morgan fingerprint density at radius 2 is 2.29 bits per heavy atom. The van der Waals surface area contributed by atoms with E-state index in [4.69, 9.17) is 0 Å². The smallest absolute Gasteiger partial charge is 0.149 e. The zero-order chi connectivity index (χ0) is 10.1. The number of hydrogen-bond donors (Lipinski definition) is 2. The fourth-order valence-corrected chi connectivity index (χ4v) is 1.83. The highest BCUT2D eigenvalue weighted by Gasteiger charge is 2.18. The van der Waals surface area contributed by atoms with Gasteiger partial charge in [-0.3, -0.25) is 0 Å². The Balaban J connectivity index is 2.33. The number of halogens is 1. The average molecular weight is 256 g/mol. The van der Waals surface area contributed by atoms with E-state index in [1.165, 1.54) is 0 Å². The van der Waals surface area contributed by atoms with Crippen molar-refractivity contribution in [3.63, 3.8) is 0 Å². The van der Waals surface area contributed by atoms with Crippen molar-refractivity contribution >= 4 is 27.4 Å². The molecule has 14 heavy (non-hydrogen) atoms. The van der Waals surface area contributed by atoms with Crippen molar-refractivity contribution in [2.75, 3.05) is 17.2 Å². The van der Waals surface area contributed by atoms with Gasteiger partial charge in [-0.05, 0) is 34.8 Å². The minimum absolute atomic E-state index is 0.456. The van der Waals surface area contributed by atoms with Gasteiger partial charge >= 0.3 is 0 Å². The lowest BCUT2D eigenvalue weighted by Gasteiger charge is -2.17. The lowest BCUT2D eigenvalue weighted by Crippen LogP contribution is -2.25. The van der Waals surface area contributed by atoms with Gasteiger partial charge in [0.1, 0.15) is 5.82 Å². The van der Waals surface area contributed by atoms with Crippen LogP contribution < -0.4 is 10.6 Å². The maximum Gasteiger partial charge on any atom is 0.149 e. The van der Waals surface area contributed by atoms with E-state index in [2.05, 4.69) is 51.5 Å². The quantitative estimate of drug-likeness (QED) is 0.749. The summed E-state index contributed by atoms with van der Waals surface area (Å²) >= 11 is 3.42. The summed E-state index contributed by atoms with van der Waals surface area (Å²) < 4.78 is 1.01. The molecule has 1 aliphatic rings. The van der Waals surface area contributed by atoms with Gasteiger partial charge in [0.2, 0.25) is 0 Å². The van der Waals surface area contributed by atoms with Gasteiger partial charge in [0.25, 0.3) is 0 Å². The number of hydrogen-bond acceptors (Lipinski definition) is 3. The molecule has 0 saturated heterocycles. The fraction of sp³-hybridized carbons (Fsp3) is 0.500. The van der Waals surface area contributed by atoms with Crippen molar-refractivity contribution in [1.29, 1.82) is 0 Å². The maximum absolute atomic E-state index is 4.34. The Morgan fingerprint density at radius 1 is 1.50 bits per heavy atom. The van der Waals surface area contributed by atoms with Crippen LogP contribution in [0.5, 0.6) is 0 Å². The van der Waals surface area contributed by atoms with Crippen LogP contribution in [-0.4, -0.2) is 17.6 Å². The third kappa shape index (κ3) is 1.85. The molecule has 0 aromatic carbocycles. The second kappa shape index (κ2) is 3.77. The molecule has 1 aromatic rings. The summed E-state index contributed by atoms with van der Waals surface area (Å²) in [5, 5.41) is 6.80. The molecule has 2 N–H and O–H groups in total. The second-order valence-electron chi connectivity index (χ2n) is 3.84. The highest BCUT2D eigenvalue weighted by molar-refractivity contribution is 9.10. The molecule has 0 amide bonds. The van der Waals surface area contributed by atoms with Gasteiger partial charge in [-0.25, -0.2) is 4.98 Å². The number of pyridine rings is 1. The number of rotatable bonds is 0. The molecular weight excluding hydrogens is 242 g/mol. The largest absolute Gasteiger partial charge is 0.382 e. The summed E-state index contributed by atoms with van der Waals surface area (Å²) in [6.07, 6.45) is 1.82. The molecule has 1 aliphatic heterocycles. The van der Waals surface area contributed by atoms with Crippen LogP contribution in [0.2, 0.25) is 0 Å². The average Bonchev–Trinajstić information content (AvgIpc) is 2.29. The van der Waals surface area contributed by atoms with E-state index in [0.717, 1.165) is 22.5 Å². The van der Waals surface area contributed by atoms with Crippen molar-refractivity contribution < 1.29 is 0 Å². The maximum atomic E-state index is 4.34. The topological polar surface area (TPSA) is 37.0 Å². The standard InChI is InChI=1S/C10H14BrN3/c1-6-4-12-9-3-8(11)5-13-10(9)14-7(6)2/h3,5-7,12H,4H2,1-2H3,(H,13,14). The highest BCUT2D eigenvalue weighted by atomic mass is 79.9. The van der Waals surface area contributed by atoms with Crippen LogP contribution in [0.4, 0.5) is 11.5 Å². The molecule has 3 nitrogen and oxygen atoms in total. The number of nitrogens with one attached hydrogen (secondary N) is 2. The van der Waals surface area contributed by atoms with Crippen LogP contribution in [0, 0.1) is 5.92 Å². The Hall–Kier alpha value is -0.770. The first-order valence-electron chi connectivity index (χ1n) is 4.83. The third-order valence-corrected chi connectivity index (χ3v) is 3.12. The molecule has 76 valence electrons. The van der Waals surface area contributed by atoms with Gasteiger partial charge in [0.05, 0.1) is 5.69 Å². The summed E-state index contributed by atoms with van der Waals surface area (Å²) in [4.78, 5) is 4.34. The molecule has 0 bridgehead atoms. The van der Waals surface area contributed by atoms with E-state index in [-0.39, 0.29) is 0 Å². The van der Waals surface area contributed by atoms with Gasteiger partial charge in [0, 0.05) is 23.3 Å². The molecule has 0 radical (unpaired) electrons. The molecule has 0 spiro atoms. The van der Waals surface area contributed by atoms with Crippen molar-refractivity contribution in [3.8, 4) is 0 Å². The summed E-state index contributed by atoms with van der Waals surface area (Å²) in [6, 6.07) is 2.51. The van der Waals surface area contributed by atoms with E-state index in [0.29, 0.717) is 12.0 Å². The zero-order valence-electron chi connectivity index (χ0n) is 8.34. The predicted molar refractivity (Wildman–Crippen MR) is 62.7 cm³/mol. The lowest BCUT2D eigenvalue weighted by molar-refractivity contribution is 0.541. The van der Waals surface area contributed by atoms with Gasteiger partial charge < -0.3 is 10.6 Å². The molecule has 2 atom stereocenters. The van der Waals surface area contributed by atoms with E-state index in [1.807, 2.05) is 6.20 Å². The van der Waals surface area contributed by atoms with Crippen molar-refractivity contribution in [2.24, 2.45) is 5.92 Å². The molecule has 0 aliphatic carbocycles. The minimum atomic E-state index is 0.456. The van der Waals surface area contributed by atoms with Crippen LogP contribution in [0.15, 0.2) is 16.7 Å². The Morgan fingerprint density at radius 3 is 3.07 bits per heavy atom. The predicted octanol–water partition coefficient (Wildman–Crippen LogP) is 2.71. The number of fused-ring (bicyclic) bond motifs is 1. The van der Waals surface area contributed by atoms with Crippen LogP contribution in [0.1, 0.15) is 13.8 Å². The van der Waals surface area contributed by atoms with Gasteiger partial charge in [-0.1, -0.05) is 6.92 Å². The lowest BCUT2D eigenvalue weighted by atomic mass is 10.1. The van der Waals surface area contributed by atoms with Crippen LogP contribution in [0.25, 0.3) is 0 Å². The Kier molecular flexibility index (Phi) is 2.63. The number of anilines is 2. The normalized spacial score (nSPS) is 25.6. The molecule has 2 heterocycles. The third-order valence-electron chi connectivity index (χ3n) is 2.69. The molecule has 4 heteroatoms. The highest BCUT2D eigenvalue weighted by Crippen LogP contribution is 2.27. The summed E-state index contributed by atoms with van der Waals surface area (Å²) in [7, 11) is 0. The van der Waals surface area contributed by atoms with E-state index < -0.39 is 0 Å². The summed E-state index contributed by atoms with van der Waals surface area (Å²) in [5.74, 6) is 1.55. The number of nitrogens with zero attached hydrogens (tertiary/aromatic N) is 1. The fourth-order valence-electron chi connectivity index (χ4n) is 1.49. The van der Waals surface area contributed by atoms with Gasteiger partial charge in [-0.15, -0.1) is 0 Å². The van der Waals surface area contributed by atoms with E-state index in [9.17, 15) is 0 Å². The SMILES string of the molecule is CC1CNc2cc(Br)cnc2NC1C. The van der Waals surface area contributed by atoms with Crippen molar-refractivity contribution in [1.82, 2.24) is 4.98 Å². The zero-order valence-corrected chi connectivity index (χ0v) is 9.93. The minimum Gasteiger partial charge on any atom is -0.382 e. The molecule has 0 saturated carbocycles. The monoisotopic (exact) mass is 255 g/mol. The first kappa shape index (κ1) is 9.77. The summed E-state index contributed by atoms with van der Waals surface area (Å²) in [5.41, 5.74) is 1.08. The molecule has 2 rings (SSSR count). The molecule has 0 fully saturated rings. The summed E-state index contributed by atoms with van der Waals surface area (Å²) in [6.45, 7) is 5.40. The molecular formula is C10H14BrN3. The van der Waals surface area contributed by atoms with Crippen molar-refractivity contribution in [2.45, 2.75) is 19.9 Å². The second-order valence-corrected chi connectivity index (χ2v) is 4.76. The van der Waals surface area contributed by atoms with Gasteiger partial charge in [-0.2, -0.15) is 0 Å². The van der Waals surface area contributed by atoms with E-state index >= 15 is 0 Å². The molecule has 2 unspecified atom stereocenters. The Labute approximate surface area is 92.4 Å². The van der Waals surface area contributed by atoms with Crippen LogP contribution in [0.3, 0.4) is 0 Å². The molecule has 1 aromatic heterocycles. The van der Waals surface area contributed by atoms with E-state index in [1.54, 1.807) is 0 Å². The number of aromatic nitrogens is 1. The first-order valence-corrected chi connectivity index (χ1v) is 5.62. The van der Waals surface area contributed by atoms with Crippen molar-refractivity contribution in [3.05, 3.63) is 16.7 Å².